The minimum absolute atomic E-state index is 0.0362. The second-order valence-corrected chi connectivity index (χ2v) is 11.0. The number of nitrogens with one attached hydrogen (secondary N) is 1. The molecule has 0 bridgehead atoms. The van der Waals surface area contributed by atoms with Crippen molar-refractivity contribution in [2.45, 2.75) is 111 Å². The van der Waals surface area contributed by atoms with E-state index in [2.05, 4.69) is 24.1 Å². The summed E-state index contributed by atoms with van der Waals surface area (Å²) in [5, 5.41) is 18.6. The number of aliphatic hydroxyl groups is 1. The number of aromatic nitrogens is 3. The zero-order valence-corrected chi connectivity index (χ0v) is 25.0. The van der Waals surface area contributed by atoms with Crippen LogP contribution in [0.4, 0.5) is 10.1 Å². The molecule has 39 heavy (non-hydrogen) atoms. The Hall–Kier alpha value is -3.00. The van der Waals surface area contributed by atoms with Crippen LogP contribution in [0.1, 0.15) is 116 Å². The van der Waals surface area contributed by atoms with E-state index in [1.54, 1.807) is 38.1 Å². The summed E-state index contributed by atoms with van der Waals surface area (Å²) in [5.41, 5.74) is -1.23. The summed E-state index contributed by atoms with van der Waals surface area (Å²) in [4.78, 5) is 17.2. The Morgan fingerprint density at radius 2 is 1.77 bits per heavy atom. The first kappa shape index (κ1) is 32.2. The van der Waals surface area contributed by atoms with Crippen molar-refractivity contribution >= 4 is 22.5 Å². The Morgan fingerprint density at radius 1 is 1.13 bits per heavy atom. The first-order valence-corrected chi connectivity index (χ1v) is 14.3. The molecule has 8 heteroatoms. The van der Waals surface area contributed by atoms with Crippen molar-refractivity contribution in [3.8, 4) is 5.75 Å². The van der Waals surface area contributed by atoms with Gasteiger partial charge < -0.3 is 15.2 Å². The Kier molecular flexibility index (Phi) is 11.9. The van der Waals surface area contributed by atoms with Gasteiger partial charge in [-0.2, -0.15) is 5.10 Å². The molecule has 0 spiro atoms. The molecule has 0 radical (unpaired) electrons. The van der Waals surface area contributed by atoms with Gasteiger partial charge >= 0.3 is 0 Å². The maximum absolute atomic E-state index is 14.4. The van der Waals surface area contributed by atoms with Gasteiger partial charge in [-0.3, -0.25) is 9.48 Å². The molecular weight excluding hydrogens is 495 g/mol. The molecular formula is C31H47FN4O3. The molecule has 0 saturated heterocycles. The summed E-state index contributed by atoms with van der Waals surface area (Å²) in [6.45, 7) is 14.4. The van der Waals surface area contributed by atoms with E-state index >= 15 is 0 Å². The Labute approximate surface area is 233 Å². The van der Waals surface area contributed by atoms with Crippen LogP contribution in [0.3, 0.4) is 0 Å². The first-order chi connectivity index (χ1) is 18.4. The van der Waals surface area contributed by atoms with E-state index in [0.717, 1.165) is 23.7 Å². The minimum Gasteiger partial charge on any atom is -0.488 e. The number of rotatable bonds is 7. The molecule has 1 aliphatic carbocycles. The largest absolute Gasteiger partial charge is 0.488 e. The molecule has 2 heterocycles. The van der Waals surface area contributed by atoms with Gasteiger partial charge in [0.2, 0.25) is 0 Å². The number of alkyl halides is 1. The van der Waals surface area contributed by atoms with Crippen LogP contribution in [-0.4, -0.2) is 38.0 Å². The van der Waals surface area contributed by atoms with Crippen LogP contribution in [0.5, 0.6) is 5.75 Å². The van der Waals surface area contributed by atoms with Crippen molar-refractivity contribution in [1.29, 1.82) is 0 Å². The van der Waals surface area contributed by atoms with E-state index in [0.29, 0.717) is 17.5 Å². The average molecular weight is 543 g/mol. The van der Waals surface area contributed by atoms with E-state index in [9.17, 15) is 14.3 Å². The lowest BCUT2D eigenvalue weighted by Gasteiger charge is -2.21. The third kappa shape index (κ3) is 9.60. The normalized spacial score (nSPS) is 14.1. The van der Waals surface area contributed by atoms with Crippen molar-refractivity contribution in [1.82, 2.24) is 14.8 Å². The number of hydrogen-bond donors (Lipinski definition) is 2. The van der Waals surface area contributed by atoms with Crippen LogP contribution in [0.15, 0.2) is 36.5 Å². The molecule has 1 aliphatic rings. The lowest BCUT2D eigenvalue weighted by molar-refractivity contribution is 0.0288. The number of carbonyl (C=O) groups excluding carboxylic acids is 1. The smallest absolute Gasteiger partial charge is 0.274 e. The number of amides is 1. The summed E-state index contributed by atoms with van der Waals surface area (Å²) in [7, 11) is 0. The van der Waals surface area contributed by atoms with Crippen LogP contribution in [0.2, 0.25) is 0 Å². The van der Waals surface area contributed by atoms with Crippen molar-refractivity contribution in [3.63, 3.8) is 0 Å². The summed E-state index contributed by atoms with van der Waals surface area (Å²) in [5.74, 6) is -0.0722. The maximum Gasteiger partial charge on any atom is 0.274 e. The number of anilines is 1. The number of fused-ring (bicyclic) bond motifs is 1. The molecule has 4 rings (SSSR count). The second kappa shape index (κ2) is 14.4. The molecule has 216 valence electrons. The lowest BCUT2D eigenvalue weighted by atomic mass is 9.96. The SMILES string of the molecule is CC.CC(C)(O)COc1cc2nn(C3CCCCC3)cc2cc1NC(=O)c1cccc(C(C)(C)F)n1.CCC. The standard InChI is InChI=1S/C26H33FN4O3.C3H8.C2H6/c1-25(2,33)16-34-22-14-20-17(15-31(30-20)18-9-6-5-7-10-18)13-21(22)29-24(32)19-11-8-12-23(28-19)26(3,4)27;1-3-2;1-2/h8,11-15,18,33H,5-7,9-10,16H2,1-4H3,(H,29,32);3H2,1-2H3;1-2H3. The van der Waals surface area contributed by atoms with Crippen LogP contribution in [-0.2, 0) is 5.67 Å². The van der Waals surface area contributed by atoms with E-state index in [1.165, 1.54) is 39.5 Å². The highest BCUT2D eigenvalue weighted by Gasteiger charge is 2.23. The molecule has 2 aromatic heterocycles. The number of ether oxygens (including phenoxy) is 1. The molecule has 1 amide bonds. The fourth-order valence-electron chi connectivity index (χ4n) is 4.15. The molecule has 1 aromatic carbocycles. The maximum atomic E-state index is 14.4. The molecule has 0 atom stereocenters. The molecule has 7 nitrogen and oxygen atoms in total. The van der Waals surface area contributed by atoms with Gasteiger partial charge in [0.25, 0.3) is 5.91 Å². The van der Waals surface area contributed by atoms with Crippen LogP contribution >= 0.6 is 0 Å². The molecule has 1 saturated carbocycles. The second-order valence-electron chi connectivity index (χ2n) is 11.0. The monoisotopic (exact) mass is 542 g/mol. The third-order valence-corrected chi connectivity index (χ3v) is 5.99. The number of benzene rings is 1. The zero-order chi connectivity index (χ0) is 29.2. The van der Waals surface area contributed by atoms with Gasteiger partial charge in [0.15, 0.2) is 0 Å². The summed E-state index contributed by atoms with van der Waals surface area (Å²) < 4.78 is 22.3. The van der Waals surface area contributed by atoms with Crippen molar-refractivity contribution in [2.24, 2.45) is 0 Å². The van der Waals surface area contributed by atoms with Crippen molar-refractivity contribution in [2.75, 3.05) is 11.9 Å². The number of hydrogen-bond acceptors (Lipinski definition) is 5. The van der Waals surface area contributed by atoms with Gasteiger partial charge in [-0.05, 0) is 58.7 Å². The first-order valence-electron chi connectivity index (χ1n) is 14.3. The highest BCUT2D eigenvalue weighted by atomic mass is 19.1. The van der Waals surface area contributed by atoms with E-state index < -0.39 is 17.2 Å². The molecule has 0 unspecified atom stereocenters. The van der Waals surface area contributed by atoms with Crippen LogP contribution < -0.4 is 10.1 Å². The number of carbonyl (C=O) groups is 1. The molecule has 0 aliphatic heterocycles. The highest BCUT2D eigenvalue weighted by Crippen LogP contribution is 2.34. The van der Waals surface area contributed by atoms with E-state index in [4.69, 9.17) is 9.84 Å². The number of nitrogens with zero attached hydrogens (tertiary/aromatic N) is 3. The minimum atomic E-state index is -1.66. The van der Waals surface area contributed by atoms with Crippen molar-refractivity contribution in [3.05, 3.63) is 47.9 Å². The van der Waals surface area contributed by atoms with E-state index in [1.807, 2.05) is 30.8 Å². The van der Waals surface area contributed by atoms with E-state index in [-0.39, 0.29) is 18.0 Å². The van der Waals surface area contributed by atoms with Gasteiger partial charge in [-0.25, -0.2) is 9.37 Å². The molecule has 2 N–H and O–H groups in total. The summed E-state index contributed by atoms with van der Waals surface area (Å²) in [6, 6.07) is 8.69. The molecule has 1 fully saturated rings. The Morgan fingerprint density at radius 3 is 2.36 bits per heavy atom. The quantitative estimate of drug-likeness (QED) is 0.316. The van der Waals surface area contributed by atoms with Crippen molar-refractivity contribution < 1.29 is 19.0 Å². The Bertz CT molecular complexity index is 1190. The topological polar surface area (TPSA) is 89.3 Å². The lowest BCUT2D eigenvalue weighted by Crippen LogP contribution is -2.28. The Balaban J connectivity index is 0.000000998. The highest BCUT2D eigenvalue weighted by molar-refractivity contribution is 6.05. The third-order valence-electron chi connectivity index (χ3n) is 5.99. The van der Waals surface area contributed by atoms with Gasteiger partial charge in [-0.1, -0.05) is 59.4 Å². The van der Waals surface area contributed by atoms with Gasteiger partial charge in [0, 0.05) is 17.6 Å². The predicted octanol–water partition coefficient (Wildman–Crippen LogP) is 7.99. The number of pyridine rings is 1. The summed E-state index contributed by atoms with van der Waals surface area (Å²) >= 11 is 0. The number of halogens is 1. The fourth-order valence-corrected chi connectivity index (χ4v) is 4.15. The average Bonchev–Trinajstić information content (AvgIpc) is 3.31. The molecule has 3 aromatic rings. The van der Waals surface area contributed by atoms with Gasteiger partial charge in [0.1, 0.15) is 23.7 Å². The summed E-state index contributed by atoms with van der Waals surface area (Å²) in [6.07, 6.45) is 9.12. The van der Waals surface area contributed by atoms with Gasteiger partial charge in [0.05, 0.1) is 28.5 Å². The van der Waals surface area contributed by atoms with Gasteiger partial charge in [-0.15, -0.1) is 0 Å². The van der Waals surface area contributed by atoms with Crippen LogP contribution in [0.25, 0.3) is 10.9 Å². The zero-order valence-electron chi connectivity index (χ0n) is 25.0. The predicted molar refractivity (Wildman–Crippen MR) is 157 cm³/mol. The fraction of sp³-hybridized carbons (Fsp3) is 0.581. The van der Waals surface area contributed by atoms with Crippen LogP contribution in [0, 0.1) is 0 Å².